The molecule has 0 aromatic heterocycles. The summed E-state index contributed by atoms with van der Waals surface area (Å²) in [6.07, 6.45) is -0.471. The number of hydrogen-bond donors (Lipinski definition) is 3. The topological polar surface area (TPSA) is 106 Å². The molecule has 1 heterocycles. The number of amides is 2. The summed E-state index contributed by atoms with van der Waals surface area (Å²) >= 11 is 0. The Morgan fingerprint density at radius 2 is 1.73 bits per heavy atom. The molecular weight excluding hydrogens is 422 g/mol. The summed E-state index contributed by atoms with van der Waals surface area (Å²) in [5.74, 6) is -0.987. The van der Waals surface area contributed by atoms with Crippen LogP contribution in [0.2, 0.25) is 0 Å². The SMILES string of the molecule is CCOC(=O)C1(NC(=O)CC(NC(=O)OC(C)(C)C)c2ccccc2)Cc2ccccc2N1. The average molecular weight is 454 g/mol. The van der Waals surface area contributed by atoms with Gasteiger partial charge in [0.2, 0.25) is 11.6 Å². The molecule has 1 aliphatic rings. The van der Waals surface area contributed by atoms with E-state index < -0.39 is 35.3 Å². The van der Waals surface area contributed by atoms with Gasteiger partial charge in [0, 0.05) is 12.1 Å². The van der Waals surface area contributed by atoms with Gasteiger partial charge >= 0.3 is 12.1 Å². The zero-order valence-corrected chi connectivity index (χ0v) is 19.4. The van der Waals surface area contributed by atoms with Gasteiger partial charge in [0.25, 0.3) is 0 Å². The highest BCUT2D eigenvalue weighted by Gasteiger charge is 2.46. The van der Waals surface area contributed by atoms with Crippen LogP contribution in [0.1, 0.15) is 51.3 Å². The van der Waals surface area contributed by atoms with Crippen LogP contribution in [-0.2, 0) is 25.5 Å². The molecule has 3 rings (SSSR count). The molecule has 176 valence electrons. The molecule has 2 unspecified atom stereocenters. The van der Waals surface area contributed by atoms with Gasteiger partial charge < -0.3 is 25.4 Å². The van der Waals surface area contributed by atoms with Gasteiger partial charge in [-0.1, -0.05) is 48.5 Å². The van der Waals surface area contributed by atoms with Gasteiger partial charge in [-0.25, -0.2) is 9.59 Å². The second-order valence-electron chi connectivity index (χ2n) is 8.95. The minimum absolute atomic E-state index is 0.0948. The molecule has 8 nitrogen and oxygen atoms in total. The maximum atomic E-state index is 13.2. The van der Waals surface area contributed by atoms with E-state index >= 15 is 0 Å². The standard InChI is InChI=1S/C25H31N3O5/c1-5-32-22(30)25(16-18-13-9-10-14-19(18)27-25)28-21(29)15-20(17-11-7-6-8-12-17)26-23(31)33-24(2,3)4/h6-14,20,27H,5,15-16H2,1-4H3,(H,26,31)(H,28,29). The average Bonchev–Trinajstić information content (AvgIpc) is 3.12. The lowest BCUT2D eigenvalue weighted by Crippen LogP contribution is -2.60. The van der Waals surface area contributed by atoms with E-state index in [4.69, 9.17) is 9.47 Å². The summed E-state index contributed by atoms with van der Waals surface area (Å²) in [7, 11) is 0. The Balaban J connectivity index is 1.79. The predicted molar refractivity (Wildman–Crippen MR) is 124 cm³/mol. The smallest absolute Gasteiger partial charge is 0.408 e. The number of para-hydroxylation sites is 1. The number of rotatable bonds is 7. The quantitative estimate of drug-likeness (QED) is 0.552. The first kappa shape index (κ1) is 24.1. The first-order valence-corrected chi connectivity index (χ1v) is 11.0. The number of carbonyl (C=O) groups is 3. The molecule has 2 atom stereocenters. The summed E-state index contributed by atoms with van der Waals surface area (Å²) in [6.45, 7) is 7.20. The summed E-state index contributed by atoms with van der Waals surface area (Å²) in [5.41, 5.74) is 0.312. The first-order valence-electron chi connectivity index (χ1n) is 11.0. The second-order valence-corrected chi connectivity index (χ2v) is 8.95. The van der Waals surface area contributed by atoms with Gasteiger partial charge in [0.15, 0.2) is 0 Å². The fraction of sp³-hybridized carbons (Fsp3) is 0.400. The predicted octanol–water partition coefficient (Wildman–Crippen LogP) is 3.69. The normalized spacial score (nSPS) is 17.8. The number of fused-ring (bicyclic) bond motifs is 1. The van der Waals surface area contributed by atoms with E-state index in [1.165, 1.54) is 0 Å². The second kappa shape index (κ2) is 9.94. The Kier molecular flexibility index (Phi) is 7.26. The molecule has 0 fully saturated rings. The monoisotopic (exact) mass is 453 g/mol. The molecule has 0 bridgehead atoms. The van der Waals surface area contributed by atoms with Crippen molar-refractivity contribution in [2.45, 2.75) is 57.8 Å². The highest BCUT2D eigenvalue weighted by molar-refractivity contribution is 5.93. The lowest BCUT2D eigenvalue weighted by atomic mass is 10.0. The number of anilines is 1. The first-order chi connectivity index (χ1) is 15.6. The van der Waals surface area contributed by atoms with Gasteiger partial charge in [-0.2, -0.15) is 0 Å². The van der Waals surface area contributed by atoms with E-state index in [2.05, 4.69) is 16.0 Å². The number of alkyl carbamates (subject to hydrolysis) is 1. The summed E-state index contributed by atoms with van der Waals surface area (Å²) < 4.78 is 10.6. The van der Waals surface area contributed by atoms with Crippen LogP contribution in [0.5, 0.6) is 0 Å². The number of benzene rings is 2. The molecule has 0 saturated heterocycles. The molecule has 3 N–H and O–H groups in total. The number of esters is 1. The zero-order chi connectivity index (χ0) is 24.1. The minimum Gasteiger partial charge on any atom is -0.463 e. The van der Waals surface area contributed by atoms with E-state index in [0.717, 1.165) is 16.8 Å². The Morgan fingerprint density at radius 1 is 1.06 bits per heavy atom. The van der Waals surface area contributed by atoms with Crippen LogP contribution in [0.25, 0.3) is 0 Å². The zero-order valence-electron chi connectivity index (χ0n) is 19.4. The Hall–Kier alpha value is -3.55. The van der Waals surface area contributed by atoms with Crippen molar-refractivity contribution < 1.29 is 23.9 Å². The van der Waals surface area contributed by atoms with Gasteiger partial charge in [0.05, 0.1) is 19.1 Å². The van der Waals surface area contributed by atoms with E-state index in [0.29, 0.717) is 0 Å². The van der Waals surface area contributed by atoms with Crippen LogP contribution in [0.3, 0.4) is 0 Å². The van der Waals surface area contributed by atoms with Crippen LogP contribution in [-0.4, -0.2) is 35.8 Å². The maximum Gasteiger partial charge on any atom is 0.408 e. The third-order valence-electron chi connectivity index (χ3n) is 5.08. The van der Waals surface area contributed by atoms with Crippen LogP contribution in [0, 0.1) is 0 Å². The van der Waals surface area contributed by atoms with Gasteiger partial charge in [-0.15, -0.1) is 0 Å². The molecule has 2 aromatic carbocycles. The molecule has 1 aliphatic heterocycles. The molecule has 0 saturated carbocycles. The fourth-order valence-electron chi connectivity index (χ4n) is 3.72. The number of nitrogens with one attached hydrogen (secondary N) is 3. The third-order valence-corrected chi connectivity index (χ3v) is 5.08. The highest BCUT2D eigenvalue weighted by atomic mass is 16.6. The largest absolute Gasteiger partial charge is 0.463 e. The van der Waals surface area contributed by atoms with Crippen molar-refractivity contribution in [3.63, 3.8) is 0 Å². The Bertz CT molecular complexity index is 976. The van der Waals surface area contributed by atoms with Crippen LogP contribution in [0.4, 0.5) is 10.5 Å². The molecule has 0 spiro atoms. The lowest BCUT2D eigenvalue weighted by molar-refractivity contribution is -0.151. The van der Waals surface area contributed by atoms with Crippen molar-refractivity contribution in [1.82, 2.24) is 10.6 Å². The van der Waals surface area contributed by atoms with Crippen molar-refractivity contribution in [2.24, 2.45) is 0 Å². The third kappa shape index (κ3) is 6.25. The Labute approximate surface area is 194 Å². The van der Waals surface area contributed by atoms with Crippen molar-refractivity contribution in [3.8, 4) is 0 Å². The maximum absolute atomic E-state index is 13.2. The fourth-order valence-corrected chi connectivity index (χ4v) is 3.72. The van der Waals surface area contributed by atoms with Crippen molar-refractivity contribution in [1.29, 1.82) is 0 Å². The van der Waals surface area contributed by atoms with E-state index in [1.54, 1.807) is 27.7 Å². The van der Waals surface area contributed by atoms with Crippen molar-refractivity contribution in [2.75, 3.05) is 11.9 Å². The van der Waals surface area contributed by atoms with Gasteiger partial charge in [-0.05, 0) is 44.9 Å². The molecule has 2 amide bonds. The molecule has 0 radical (unpaired) electrons. The van der Waals surface area contributed by atoms with Crippen molar-refractivity contribution in [3.05, 3.63) is 65.7 Å². The molecule has 0 aliphatic carbocycles. The van der Waals surface area contributed by atoms with Crippen LogP contribution < -0.4 is 16.0 Å². The van der Waals surface area contributed by atoms with Gasteiger partial charge in [-0.3, -0.25) is 4.79 Å². The van der Waals surface area contributed by atoms with E-state index in [-0.39, 0.29) is 19.4 Å². The summed E-state index contributed by atoms with van der Waals surface area (Å²) in [5, 5.41) is 8.73. The van der Waals surface area contributed by atoms with Gasteiger partial charge in [0.1, 0.15) is 5.60 Å². The molecule has 8 heteroatoms. The number of ether oxygens (including phenoxy) is 2. The number of hydrogen-bond acceptors (Lipinski definition) is 6. The van der Waals surface area contributed by atoms with Crippen LogP contribution >= 0.6 is 0 Å². The van der Waals surface area contributed by atoms with Crippen molar-refractivity contribution >= 4 is 23.7 Å². The van der Waals surface area contributed by atoms with Crippen LogP contribution in [0.15, 0.2) is 54.6 Å². The minimum atomic E-state index is -1.41. The van der Waals surface area contributed by atoms with E-state index in [1.807, 2.05) is 54.6 Å². The summed E-state index contributed by atoms with van der Waals surface area (Å²) in [4.78, 5) is 38.5. The molecular formula is C25H31N3O5. The number of carbonyl (C=O) groups excluding carboxylic acids is 3. The summed E-state index contributed by atoms with van der Waals surface area (Å²) in [6, 6.07) is 16.0. The molecule has 33 heavy (non-hydrogen) atoms. The highest BCUT2D eigenvalue weighted by Crippen LogP contribution is 2.32. The Morgan fingerprint density at radius 3 is 2.36 bits per heavy atom. The molecule has 2 aromatic rings. The lowest BCUT2D eigenvalue weighted by Gasteiger charge is -2.30. The van der Waals surface area contributed by atoms with E-state index in [9.17, 15) is 14.4 Å².